The topological polar surface area (TPSA) is 45.7 Å². The largest absolute Gasteiger partial charge is 0.443 e. The number of carbonyl (C=O) groups excluding carboxylic acids is 1. The Balaban J connectivity index is 1.68. The lowest BCUT2D eigenvalue weighted by Gasteiger charge is -2.40. The van der Waals surface area contributed by atoms with Crippen molar-refractivity contribution in [1.29, 1.82) is 0 Å². The lowest BCUT2D eigenvalue weighted by Crippen LogP contribution is -2.46. The number of aromatic nitrogens is 1. The standard InChI is InChI=1S/C28H39N3O2/c1-28(2,3)33-27(32)31(23-15-8-5-9-16-23)26-24(17-12-19-29-26)25-18-10-11-20-30(25)21-22-13-6-4-7-14-22/h4,6-7,12-14,17,19,23,25H,5,8-11,15-16,18,20-21H2,1-3H3. The summed E-state index contributed by atoms with van der Waals surface area (Å²) in [5, 5.41) is 0. The van der Waals surface area contributed by atoms with E-state index in [-0.39, 0.29) is 18.2 Å². The molecule has 2 aliphatic rings. The number of hydrogen-bond donors (Lipinski definition) is 0. The molecule has 0 N–H and O–H groups in total. The molecule has 1 amide bonds. The summed E-state index contributed by atoms with van der Waals surface area (Å²) in [6.07, 6.45) is 10.6. The minimum atomic E-state index is -0.539. The first-order valence-electron chi connectivity index (χ1n) is 12.7. The van der Waals surface area contributed by atoms with Crippen LogP contribution in [0.15, 0.2) is 48.7 Å². The number of hydrogen-bond acceptors (Lipinski definition) is 4. The number of benzene rings is 1. The van der Waals surface area contributed by atoms with Crippen LogP contribution < -0.4 is 4.90 Å². The van der Waals surface area contributed by atoms with E-state index in [0.717, 1.165) is 56.6 Å². The zero-order valence-electron chi connectivity index (χ0n) is 20.5. The fraction of sp³-hybridized carbons (Fsp3) is 0.571. The van der Waals surface area contributed by atoms with Gasteiger partial charge in [-0.15, -0.1) is 0 Å². The third-order valence-electron chi connectivity index (χ3n) is 6.78. The maximum absolute atomic E-state index is 13.5. The molecule has 1 aromatic heterocycles. The Bertz CT molecular complexity index is 903. The van der Waals surface area contributed by atoms with Gasteiger partial charge in [0.05, 0.1) is 0 Å². The first kappa shape index (κ1) is 23.7. The van der Waals surface area contributed by atoms with Gasteiger partial charge in [-0.05, 0) is 64.6 Å². The highest BCUT2D eigenvalue weighted by molar-refractivity contribution is 5.88. The third kappa shape index (κ3) is 6.14. The number of likely N-dealkylation sites (tertiary alicyclic amines) is 1. The van der Waals surface area contributed by atoms with E-state index in [0.29, 0.717) is 0 Å². The van der Waals surface area contributed by atoms with E-state index in [1.165, 1.54) is 24.8 Å². The van der Waals surface area contributed by atoms with Crippen LogP contribution in [0.25, 0.3) is 0 Å². The molecule has 0 radical (unpaired) electrons. The zero-order chi connectivity index (χ0) is 23.3. The predicted octanol–water partition coefficient (Wildman–Crippen LogP) is 6.88. The summed E-state index contributed by atoms with van der Waals surface area (Å²) in [6.45, 7) is 7.78. The van der Waals surface area contributed by atoms with Gasteiger partial charge in [0.25, 0.3) is 0 Å². The number of carbonyl (C=O) groups is 1. The van der Waals surface area contributed by atoms with Crippen molar-refractivity contribution in [3.05, 3.63) is 59.8 Å². The molecule has 1 aliphatic carbocycles. The molecule has 2 heterocycles. The Morgan fingerprint density at radius 3 is 2.45 bits per heavy atom. The van der Waals surface area contributed by atoms with Gasteiger partial charge in [0.2, 0.25) is 0 Å². The van der Waals surface area contributed by atoms with Gasteiger partial charge in [-0.25, -0.2) is 9.78 Å². The van der Waals surface area contributed by atoms with Crippen LogP contribution in [0.2, 0.25) is 0 Å². The summed E-state index contributed by atoms with van der Waals surface area (Å²) in [6, 6.07) is 15.3. The summed E-state index contributed by atoms with van der Waals surface area (Å²) in [4.78, 5) is 22.8. The van der Waals surface area contributed by atoms with Gasteiger partial charge in [0.15, 0.2) is 0 Å². The summed E-state index contributed by atoms with van der Waals surface area (Å²) in [7, 11) is 0. The van der Waals surface area contributed by atoms with Gasteiger partial charge in [-0.3, -0.25) is 9.80 Å². The molecular weight excluding hydrogens is 410 g/mol. The number of rotatable bonds is 5. The van der Waals surface area contributed by atoms with Crippen LogP contribution in [0.5, 0.6) is 0 Å². The van der Waals surface area contributed by atoms with Gasteiger partial charge in [0.1, 0.15) is 11.4 Å². The van der Waals surface area contributed by atoms with Gasteiger partial charge >= 0.3 is 6.09 Å². The lowest BCUT2D eigenvalue weighted by atomic mass is 9.92. The Morgan fingerprint density at radius 1 is 1.00 bits per heavy atom. The van der Waals surface area contributed by atoms with Crippen molar-refractivity contribution in [2.24, 2.45) is 0 Å². The van der Waals surface area contributed by atoms with Crippen LogP contribution in [-0.2, 0) is 11.3 Å². The SMILES string of the molecule is CC(C)(C)OC(=O)N(c1ncccc1C1CCCCN1Cc1ccccc1)C1CCCCC1. The highest BCUT2D eigenvalue weighted by atomic mass is 16.6. The van der Waals surface area contributed by atoms with Crippen LogP contribution in [0.3, 0.4) is 0 Å². The maximum atomic E-state index is 13.5. The average Bonchev–Trinajstić information content (AvgIpc) is 2.80. The third-order valence-corrected chi connectivity index (χ3v) is 6.78. The molecule has 0 spiro atoms. The van der Waals surface area contributed by atoms with Crippen molar-refractivity contribution in [2.45, 2.75) is 96.4 Å². The van der Waals surface area contributed by atoms with Crippen molar-refractivity contribution in [2.75, 3.05) is 11.4 Å². The fourth-order valence-electron chi connectivity index (χ4n) is 5.28. The smallest absolute Gasteiger partial charge is 0.416 e. The molecule has 1 saturated heterocycles. The molecule has 33 heavy (non-hydrogen) atoms. The Morgan fingerprint density at radius 2 is 1.73 bits per heavy atom. The van der Waals surface area contributed by atoms with Gasteiger partial charge < -0.3 is 4.74 Å². The molecule has 4 rings (SSSR count). The predicted molar refractivity (Wildman–Crippen MR) is 133 cm³/mol. The molecule has 178 valence electrons. The van der Waals surface area contributed by atoms with E-state index < -0.39 is 5.60 Å². The summed E-state index contributed by atoms with van der Waals surface area (Å²) in [5.74, 6) is 0.795. The molecular formula is C28H39N3O2. The van der Waals surface area contributed by atoms with E-state index in [1.54, 1.807) is 0 Å². The van der Waals surface area contributed by atoms with E-state index in [9.17, 15) is 4.79 Å². The second-order valence-corrected chi connectivity index (χ2v) is 10.5. The van der Waals surface area contributed by atoms with Gasteiger partial charge in [-0.1, -0.05) is 62.1 Å². The molecule has 2 fully saturated rings. The van der Waals surface area contributed by atoms with Gasteiger partial charge in [0, 0.05) is 30.4 Å². The Labute approximate surface area is 199 Å². The maximum Gasteiger partial charge on any atom is 0.416 e. The molecule has 0 bridgehead atoms. The second-order valence-electron chi connectivity index (χ2n) is 10.5. The number of ether oxygens (including phenoxy) is 1. The van der Waals surface area contributed by atoms with E-state index in [2.05, 4.69) is 41.3 Å². The molecule has 1 unspecified atom stereocenters. The van der Waals surface area contributed by atoms with E-state index >= 15 is 0 Å². The van der Waals surface area contributed by atoms with E-state index in [4.69, 9.17) is 9.72 Å². The van der Waals surface area contributed by atoms with Crippen LogP contribution in [0.1, 0.15) is 89.3 Å². The quantitative estimate of drug-likeness (QED) is 0.499. The van der Waals surface area contributed by atoms with Crippen LogP contribution >= 0.6 is 0 Å². The highest BCUT2D eigenvalue weighted by Crippen LogP contribution is 2.38. The van der Waals surface area contributed by atoms with Crippen molar-refractivity contribution in [3.8, 4) is 0 Å². The average molecular weight is 450 g/mol. The van der Waals surface area contributed by atoms with Crippen molar-refractivity contribution in [3.63, 3.8) is 0 Å². The number of piperidine rings is 1. The Kier molecular flexibility index (Phi) is 7.69. The van der Waals surface area contributed by atoms with Gasteiger partial charge in [-0.2, -0.15) is 0 Å². The molecule has 5 nitrogen and oxygen atoms in total. The zero-order valence-corrected chi connectivity index (χ0v) is 20.5. The first-order valence-corrected chi connectivity index (χ1v) is 12.7. The van der Waals surface area contributed by atoms with Crippen LogP contribution in [0.4, 0.5) is 10.6 Å². The summed E-state index contributed by atoms with van der Waals surface area (Å²) in [5.41, 5.74) is 1.94. The van der Waals surface area contributed by atoms with Crippen LogP contribution in [0, 0.1) is 0 Å². The van der Waals surface area contributed by atoms with E-state index in [1.807, 2.05) is 37.9 Å². The summed E-state index contributed by atoms with van der Waals surface area (Å²) >= 11 is 0. The number of nitrogens with zero attached hydrogens (tertiary/aromatic N) is 3. The molecule has 1 aromatic carbocycles. The molecule has 1 aliphatic heterocycles. The molecule has 1 atom stereocenters. The first-order chi connectivity index (χ1) is 15.9. The fourth-order valence-corrected chi connectivity index (χ4v) is 5.28. The molecule has 5 heteroatoms. The lowest BCUT2D eigenvalue weighted by molar-refractivity contribution is 0.0555. The normalized spacial score (nSPS) is 20.4. The van der Waals surface area contributed by atoms with Crippen LogP contribution in [-0.4, -0.2) is 34.2 Å². The Hall–Kier alpha value is -2.40. The highest BCUT2D eigenvalue weighted by Gasteiger charge is 2.35. The van der Waals surface area contributed by atoms with Crippen molar-refractivity contribution >= 4 is 11.9 Å². The molecule has 2 aromatic rings. The minimum absolute atomic E-state index is 0.147. The number of amides is 1. The van der Waals surface area contributed by atoms with Crippen molar-refractivity contribution < 1.29 is 9.53 Å². The van der Waals surface area contributed by atoms with Crippen molar-refractivity contribution in [1.82, 2.24) is 9.88 Å². The number of anilines is 1. The molecule has 1 saturated carbocycles. The second kappa shape index (κ2) is 10.7. The monoisotopic (exact) mass is 449 g/mol. The number of pyridine rings is 1. The minimum Gasteiger partial charge on any atom is -0.443 e. The summed E-state index contributed by atoms with van der Waals surface area (Å²) < 4.78 is 5.91.